The van der Waals surface area contributed by atoms with Gasteiger partial charge in [0.25, 0.3) is 0 Å². The molecule has 0 spiro atoms. The van der Waals surface area contributed by atoms with E-state index in [9.17, 15) is 4.39 Å². The molecule has 4 heterocycles. The van der Waals surface area contributed by atoms with E-state index >= 15 is 0 Å². The molecule has 0 fully saturated rings. The number of hydrogen-bond donors (Lipinski definition) is 1. The topological polar surface area (TPSA) is 83.8 Å². The van der Waals surface area contributed by atoms with E-state index in [0.29, 0.717) is 24.3 Å². The maximum Gasteiger partial charge on any atom is 0.166 e. The highest BCUT2D eigenvalue weighted by atomic mass is 19.1. The van der Waals surface area contributed by atoms with Crippen molar-refractivity contribution in [3.8, 4) is 28.3 Å². The molecule has 1 aliphatic heterocycles. The highest BCUT2D eigenvalue weighted by Crippen LogP contribution is 2.38. The Labute approximate surface area is 179 Å². The van der Waals surface area contributed by atoms with E-state index < -0.39 is 6.10 Å². The van der Waals surface area contributed by atoms with Crippen molar-refractivity contribution in [2.45, 2.75) is 32.9 Å². The van der Waals surface area contributed by atoms with Crippen LogP contribution in [0.4, 0.5) is 10.2 Å². The average Bonchev–Trinajstić information content (AvgIpc) is 3.32. The molecule has 4 aromatic rings. The number of rotatable bonds is 1. The number of halogens is 1. The minimum atomic E-state index is -0.463. The summed E-state index contributed by atoms with van der Waals surface area (Å²) in [5.74, 6) is 0.412. The second kappa shape index (κ2) is 7.23. The van der Waals surface area contributed by atoms with Gasteiger partial charge in [-0.2, -0.15) is 10.2 Å². The maximum absolute atomic E-state index is 14.2. The SMILES string of the molecule is CCn1ncc2c1-c1cnc(N)c(c1)OC(C)c1cc(F)ccc1-c1nn(C)cc1C2. The van der Waals surface area contributed by atoms with Crippen molar-refractivity contribution < 1.29 is 9.13 Å². The lowest BCUT2D eigenvalue weighted by Crippen LogP contribution is -2.10. The van der Waals surface area contributed by atoms with E-state index in [4.69, 9.17) is 15.6 Å². The summed E-state index contributed by atoms with van der Waals surface area (Å²) in [6.07, 6.45) is 5.79. The number of benzene rings is 1. The Hall–Kier alpha value is -3.68. The summed E-state index contributed by atoms with van der Waals surface area (Å²) in [6, 6.07) is 6.60. The quantitative estimate of drug-likeness (QED) is 0.502. The van der Waals surface area contributed by atoms with Crippen LogP contribution < -0.4 is 10.5 Å². The van der Waals surface area contributed by atoms with Crippen LogP contribution in [-0.2, 0) is 20.0 Å². The van der Waals surface area contributed by atoms with Gasteiger partial charge in [0.05, 0.1) is 17.6 Å². The van der Waals surface area contributed by atoms with E-state index in [-0.39, 0.29) is 11.6 Å². The molecule has 1 aromatic carbocycles. The van der Waals surface area contributed by atoms with Crippen LogP contribution in [0.5, 0.6) is 5.75 Å². The van der Waals surface area contributed by atoms with E-state index in [1.165, 1.54) is 12.1 Å². The molecule has 0 aliphatic carbocycles. The highest BCUT2D eigenvalue weighted by Gasteiger charge is 2.24. The molecule has 8 heteroatoms. The second-order valence-electron chi connectivity index (χ2n) is 7.79. The predicted octanol–water partition coefficient (Wildman–Crippen LogP) is 4.13. The fraction of sp³-hybridized carbons (Fsp3) is 0.261. The van der Waals surface area contributed by atoms with Gasteiger partial charge in [-0.15, -0.1) is 0 Å². The number of aryl methyl sites for hydroxylation is 2. The molecule has 0 saturated heterocycles. The number of nitrogen functional groups attached to an aromatic ring is 1. The van der Waals surface area contributed by atoms with Gasteiger partial charge in [0.1, 0.15) is 11.9 Å². The lowest BCUT2D eigenvalue weighted by atomic mass is 9.95. The van der Waals surface area contributed by atoms with Crippen LogP contribution in [0.2, 0.25) is 0 Å². The van der Waals surface area contributed by atoms with Gasteiger partial charge < -0.3 is 10.5 Å². The molecular formula is C23H23FN6O. The fourth-order valence-electron chi connectivity index (χ4n) is 4.25. The van der Waals surface area contributed by atoms with Crippen molar-refractivity contribution in [1.82, 2.24) is 24.5 Å². The third kappa shape index (κ3) is 3.24. The zero-order valence-corrected chi connectivity index (χ0v) is 17.6. The Balaban J connectivity index is 1.81. The van der Waals surface area contributed by atoms with Gasteiger partial charge in [-0.3, -0.25) is 9.36 Å². The van der Waals surface area contributed by atoms with Gasteiger partial charge in [-0.1, -0.05) is 0 Å². The molecule has 7 nitrogen and oxygen atoms in total. The summed E-state index contributed by atoms with van der Waals surface area (Å²) in [5.41, 5.74) is 12.4. The molecule has 31 heavy (non-hydrogen) atoms. The monoisotopic (exact) mass is 418 g/mol. The third-order valence-corrected chi connectivity index (χ3v) is 5.67. The molecule has 1 atom stereocenters. The van der Waals surface area contributed by atoms with Crippen molar-refractivity contribution in [3.05, 3.63) is 65.4 Å². The zero-order chi connectivity index (χ0) is 21.7. The Bertz CT molecular complexity index is 1290. The molecule has 1 aliphatic rings. The van der Waals surface area contributed by atoms with Crippen molar-refractivity contribution in [3.63, 3.8) is 0 Å². The first kappa shape index (κ1) is 19.3. The summed E-state index contributed by atoms with van der Waals surface area (Å²) in [5, 5.41) is 9.28. The first-order chi connectivity index (χ1) is 14.9. The molecule has 1 unspecified atom stereocenters. The molecule has 0 amide bonds. The number of hydrogen-bond acceptors (Lipinski definition) is 5. The van der Waals surface area contributed by atoms with Gasteiger partial charge in [0, 0.05) is 60.2 Å². The smallest absolute Gasteiger partial charge is 0.166 e. The fourth-order valence-corrected chi connectivity index (χ4v) is 4.25. The summed E-state index contributed by atoms with van der Waals surface area (Å²) in [4.78, 5) is 4.36. The number of pyridine rings is 1. The first-order valence-corrected chi connectivity index (χ1v) is 10.2. The van der Waals surface area contributed by atoms with E-state index in [1.54, 1.807) is 16.9 Å². The lowest BCUT2D eigenvalue weighted by Gasteiger charge is -2.21. The van der Waals surface area contributed by atoms with Crippen LogP contribution in [0.3, 0.4) is 0 Å². The van der Waals surface area contributed by atoms with E-state index in [0.717, 1.165) is 33.6 Å². The van der Waals surface area contributed by atoms with Crippen LogP contribution in [-0.4, -0.2) is 24.5 Å². The standard InChI is InChI=1S/C23H23FN6O/c1-4-30-22-14(11-27-30)7-16-12-29(3)28-21(16)18-6-5-17(24)9-19(18)13(2)31-20-8-15(22)10-26-23(20)25/h5-6,8-13H,4,7H2,1-3H3,(H2,25,26). The Morgan fingerprint density at radius 2 is 2.06 bits per heavy atom. The molecule has 0 saturated carbocycles. The molecule has 5 rings (SSSR count). The highest BCUT2D eigenvalue weighted by molar-refractivity contribution is 5.71. The summed E-state index contributed by atoms with van der Waals surface area (Å²) in [7, 11) is 1.89. The van der Waals surface area contributed by atoms with Crippen molar-refractivity contribution >= 4 is 5.82 Å². The van der Waals surface area contributed by atoms with Crippen molar-refractivity contribution in [2.24, 2.45) is 7.05 Å². The Morgan fingerprint density at radius 1 is 1.23 bits per heavy atom. The van der Waals surface area contributed by atoms with Crippen LogP contribution in [0.15, 0.2) is 42.9 Å². The van der Waals surface area contributed by atoms with Crippen LogP contribution >= 0.6 is 0 Å². The summed E-state index contributed by atoms with van der Waals surface area (Å²) in [6.45, 7) is 4.64. The summed E-state index contributed by atoms with van der Waals surface area (Å²) >= 11 is 0. The molecule has 0 radical (unpaired) electrons. The Kier molecular flexibility index (Phi) is 4.50. The predicted molar refractivity (Wildman–Crippen MR) is 116 cm³/mol. The van der Waals surface area contributed by atoms with Crippen molar-refractivity contribution in [2.75, 3.05) is 5.73 Å². The van der Waals surface area contributed by atoms with Gasteiger partial charge in [-0.25, -0.2) is 9.37 Å². The lowest BCUT2D eigenvalue weighted by molar-refractivity contribution is 0.227. The number of ether oxygens (including phenoxy) is 1. The second-order valence-corrected chi connectivity index (χ2v) is 7.79. The van der Waals surface area contributed by atoms with Gasteiger partial charge in [0.15, 0.2) is 11.6 Å². The maximum atomic E-state index is 14.2. The molecule has 158 valence electrons. The van der Waals surface area contributed by atoms with E-state index in [1.807, 2.05) is 44.0 Å². The zero-order valence-electron chi connectivity index (χ0n) is 17.6. The van der Waals surface area contributed by atoms with Crippen molar-refractivity contribution in [1.29, 1.82) is 0 Å². The largest absolute Gasteiger partial charge is 0.482 e. The molecule has 2 N–H and O–H groups in total. The summed E-state index contributed by atoms with van der Waals surface area (Å²) < 4.78 is 24.2. The number of anilines is 1. The Morgan fingerprint density at radius 3 is 2.87 bits per heavy atom. The normalized spacial score (nSPS) is 15.2. The van der Waals surface area contributed by atoms with Gasteiger partial charge in [-0.05, 0) is 38.1 Å². The number of fused-ring (bicyclic) bond motifs is 7. The minimum absolute atomic E-state index is 0.285. The van der Waals surface area contributed by atoms with Crippen LogP contribution in [0.25, 0.3) is 22.5 Å². The minimum Gasteiger partial charge on any atom is -0.482 e. The average molecular weight is 418 g/mol. The van der Waals surface area contributed by atoms with Gasteiger partial charge >= 0.3 is 0 Å². The van der Waals surface area contributed by atoms with Crippen LogP contribution in [0, 0.1) is 5.82 Å². The molecule has 3 aromatic heterocycles. The van der Waals surface area contributed by atoms with Gasteiger partial charge in [0.2, 0.25) is 0 Å². The number of nitrogens with zero attached hydrogens (tertiary/aromatic N) is 5. The number of aromatic nitrogens is 5. The third-order valence-electron chi connectivity index (χ3n) is 5.67. The van der Waals surface area contributed by atoms with Crippen LogP contribution in [0.1, 0.15) is 36.6 Å². The van der Waals surface area contributed by atoms with E-state index in [2.05, 4.69) is 10.1 Å². The number of nitrogens with two attached hydrogens (primary N) is 1. The molecule has 2 bridgehead atoms. The first-order valence-electron chi connectivity index (χ1n) is 10.2. The molecular weight excluding hydrogens is 395 g/mol.